The molecule has 1 aromatic carbocycles. The Bertz CT molecular complexity index is 858. The summed E-state index contributed by atoms with van der Waals surface area (Å²) < 4.78 is 18.5. The second-order valence-corrected chi connectivity index (χ2v) is 7.71. The van der Waals surface area contributed by atoms with Gasteiger partial charge in [0, 0.05) is 38.1 Å². The van der Waals surface area contributed by atoms with Gasteiger partial charge in [-0.2, -0.15) is 0 Å². The molecule has 6 nitrogen and oxygen atoms in total. The van der Waals surface area contributed by atoms with Crippen LogP contribution in [0.1, 0.15) is 35.9 Å². The maximum atomic E-state index is 13.3. The van der Waals surface area contributed by atoms with Crippen molar-refractivity contribution in [2.24, 2.45) is 4.99 Å². The average molecular weight is 526 g/mol. The molecule has 1 amide bonds. The lowest BCUT2D eigenvalue weighted by molar-refractivity contribution is 0.0657. The Labute approximate surface area is 193 Å². The summed E-state index contributed by atoms with van der Waals surface area (Å²) in [4.78, 5) is 21.4. The minimum absolute atomic E-state index is 0. The Morgan fingerprint density at radius 1 is 1.13 bits per heavy atom. The molecule has 2 aliphatic rings. The number of amides is 1. The van der Waals surface area contributed by atoms with E-state index in [1.54, 1.807) is 12.1 Å². The molecule has 0 unspecified atom stereocenters. The van der Waals surface area contributed by atoms with Crippen molar-refractivity contribution in [2.45, 2.75) is 25.2 Å². The van der Waals surface area contributed by atoms with E-state index in [2.05, 4.69) is 17.1 Å². The van der Waals surface area contributed by atoms with E-state index in [9.17, 15) is 9.18 Å². The van der Waals surface area contributed by atoms with Gasteiger partial charge in [-0.3, -0.25) is 9.79 Å². The van der Waals surface area contributed by atoms with Crippen molar-refractivity contribution in [1.82, 2.24) is 15.1 Å². The maximum absolute atomic E-state index is 13.3. The van der Waals surface area contributed by atoms with E-state index in [0.29, 0.717) is 25.4 Å². The van der Waals surface area contributed by atoms with Gasteiger partial charge in [-0.05, 0) is 49.6 Å². The fourth-order valence-corrected chi connectivity index (χ4v) is 3.82. The van der Waals surface area contributed by atoms with E-state index in [1.165, 1.54) is 18.4 Å². The van der Waals surface area contributed by atoms with Crippen molar-refractivity contribution in [2.75, 3.05) is 39.3 Å². The van der Waals surface area contributed by atoms with Crippen molar-refractivity contribution in [1.29, 1.82) is 0 Å². The molecule has 0 radical (unpaired) electrons. The number of hydrogen-bond acceptors (Lipinski definition) is 3. The summed E-state index contributed by atoms with van der Waals surface area (Å²) in [6, 6.07) is 10.2. The van der Waals surface area contributed by atoms with Crippen molar-refractivity contribution in [3.63, 3.8) is 0 Å². The quantitative estimate of drug-likeness (QED) is 0.368. The van der Waals surface area contributed by atoms with Gasteiger partial charge in [0.15, 0.2) is 11.7 Å². The zero-order valence-electron chi connectivity index (χ0n) is 17.1. The summed E-state index contributed by atoms with van der Waals surface area (Å²) in [7, 11) is 0. The second-order valence-electron chi connectivity index (χ2n) is 7.71. The molecule has 2 fully saturated rings. The van der Waals surface area contributed by atoms with Crippen molar-refractivity contribution >= 4 is 35.8 Å². The monoisotopic (exact) mass is 526 g/mol. The standard InChI is InChI=1S/C22H27FN4O2.HI/c1-2-24-21(25-16-22(9-10-22)17-5-7-18(23)8-6-17)27-13-11-26(12-14-27)20(28)19-4-3-15-29-19;/h3-8,15H,2,9-14,16H2,1H3,(H,24,25);1H. The van der Waals surface area contributed by atoms with Gasteiger partial charge >= 0.3 is 0 Å². The number of benzene rings is 1. The number of nitrogens with one attached hydrogen (secondary N) is 1. The molecule has 1 saturated carbocycles. The van der Waals surface area contributed by atoms with E-state index in [4.69, 9.17) is 9.41 Å². The lowest BCUT2D eigenvalue weighted by atomic mass is 9.96. The van der Waals surface area contributed by atoms with Crippen molar-refractivity contribution < 1.29 is 13.6 Å². The van der Waals surface area contributed by atoms with Crippen LogP contribution in [0.5, 0.6) is 0 Å². The van der Waals surface area contributed by atoms with Crippen molar-refractivity contribution in [3.8, 4) is 0 Å². The summed E-state index contributed by atoms with van der Waals surface area (Å²) in [6.07, 6.45) is 3.67. The molecule has 162 valence electrons. The first kappa shape index (κ1) is 22.6. The molecule has 1 N–H and O–H groups in total. The molecule has 0 bridgehead atoms. The smallest absolute Gasteiger partial charge is 0.289 e. The Kier molecular flexibility index (Phi) is 7.38. The summed E-state index contributed by atoms with van der Waals surface area (Å²) in [5.74, 6) is 0.994. The number of aliphatic imine (C=N–C) groups is 1. The summed E-state index contributed by atoms with van der Waals surface area (Å²) >= 11 is 0. The number of furan rings is 1. The second kappa shape index (κ2) is 9.80. The van der Waals surface area contributed by atoms with Crippen LogP contribution in [0.4, 0.5) is 4.39 Å². The minimum Gasteiger partial charge on any atom is -0.459 e. The fourth-order valence-electron chi connectivity index (χ4n) is 3.82. The average Bonchev–Trinajstić information content (AvgIpc) is 3.33. The lowest BCUT2D eigenvalue weighted by Gasteiger charge is -2.36. The number of halogens is 2. The van der Waals surface area contributed by atoms with E-state index >= 15 is 0 Å². The van der Waals surface area contributed by atoms with Crippen LogP contribution in [0, 0.1) is 5.82 Å². The third-order valence-corrected chi connectivity index (χ3v) is 5.77. The molecular formula is C22H28FIN4O2. The largest absolute Gasteiger partial charge is 0.459 e. The van der Waals surface area contributed by atoms with Crippen molar-refractivity contribution in [3.05, 3.63) is 59.8 Å². The highest BCUT2D eigenvalue weighted by Gasteiger charge is 2.44. The molecule has 8 heteroatoms. The van der Waals surface area contributed by atoms with E-state index in [0.717, 1.165) is 44.0 Å². The summed E-state index contributed by atoms with van der Waals surface area (Å²) in [5.41, 5.74) is 1.19. The molecule has 0 atom stereocenters. The molecule has 30 heavy (non-hydrogen) atoms. The minimum atomic E-state index is -0.205. The van der Waals surface area contributed by atoms with Crippen LogP contribution >= 0.6 is 24.0 Å². The highest BCUT2D eigenvalue weighted by molar-refractivity contribution is 14.0. The number of piperazine rings is 1. The lowest BCUT2D eigenvalue weighted by Crippen LogP contribution is -2.53. The van der Waals surface area contributed by atoms with Crippen LogP contribution in [-0.2, 0) is 5.41 Å². The number of guanidine groups is 1. The molecule has 1 aliphatic carbocycles. The molecular weight excluding hydrogens is 498 g/mol. The predicted octanol–water partition coefficient (Wildman–Crippen LogP) is 3.49. The number of nitrogens with zero attached hydrogens (tertiary/aromatic N) is 3. The first-order valence-corrected chi connectivity index (χ1v) is 10.2. The SMILES string of the molecule is CCNC(=NCC1(c2ccc(F)cc2)CC1)N1CCN(C(=O)c2ccco2)CC1.I. The van der Waals surface area contributed by atoms with Gasteiger partial charge < -0.3 is 19.5 Å². The zero-order chi connectivity index (χ0) is 20.3. The predicted molar refractivity (Wildman–Crippen MR) is 125 cm³/mol. The van der Waals surface area contributed by atoms with Crippen LogP contribution in [0.25, 0.3) is 0 Å². The third kappa shape index (κ3) is 4.96. The van der Waals surface area contributed by atoms with Gasteiger partial charge in [0.25, 0.3) is 5.91 Å². The molecule has 1 aliphatic heterocycles. The van der Waals surface area contributed by atoms with Crippen LogP contribution < -0.4 is 5.32 Å². The number of carbonyl (C=O) groups is 1. The zero-order valence-corrected chi connectivity index (χ0v) is 19.5. The van der Waals surface area contributed by atoms with Gasteiger partial charge in [-0.25, -0.2) is 4.39 Å². The Balaban J connectivity index is 0.00000256. The van der Waals surface area contributed by atoms with Gasteiger partial charge in [0.1, 0.15) is 5.82 Å². The van der Waals surface area contributed by atoms with Crippen LogP contribution in [-0.4, -0.2) is 60.9 Å². The Morgan fingerprint density at radius 2 is 1.80 bits per heavy atom. The molecule has 2 heterocycles. The molecule has 0 spiro atoms. The van der Waals surface area contributed by atoms with Gasteiger partial charge in [0.05, 0.1) is 12.8 Å². The maximum Gasteiger partial charge on any atom is 0.289 e. The highest BCUT2D eigenvalue weighted by Crippen LogP contribution is 2.48. The van der Waals surface area contributed by atoms with E-state index < -0.39 is 0 Å². The summed E-state index contributed by atoms with van der Waals surface area (Å²) in [6.45, 7) is 6.24. The normalized spacial score (nSPS) is 18.0. The van der Waals surface area contributed by atoms with Gasteiger partial charge in [0.2, 0.25) is 0 Å². The molecule has 2 aromatic rings. The number of hydrogen-bond donors (Lipinski definition) is 1. The topological polar surface area (TPSA) is 61.1 Å². The summed E-state index contributed by atoms with van der Waals surface area (Å²) in [5, 5.41) is 3.38. The van der Waals surface area contributed by atoms with Crippen LogP contribution in [0.3, 0.4) is 0 Å². The van der Waals surface area contributed by atoms with Gasteiger partial charge in [-0.15, -0.1) is 24.0 Å². The van der Waals surface area contributed by atoms with Gasteiger partial charge in [-0.1, -0.05) is 12.1 Å². The number of carbonyl (C=O) groups excluding carboxylic acids is 1. The van der Waals surface area contributed by atoms with E-state index in [1.807, 2.05) is 17.0 Å². The molecule has 1 saturated heterocycles. The Morgan fingerprint density at radius 3 is 2.37 bits per heavy atom. The fraction of sp³-hybridized carbons (Fsp3) is 0.455. The van der Waals surface area contributed by atoms with Crippen LogP contribution in [0.2, 0.25) is 0 Å². The first-order valence-electron chi connectivity index (χ1n) is 10.2. The number of rotatable bonds is 5. The third-order valence-electron chi connectivity index (χ3n) is 5.77. The van der Waals surface area contributed by atoms with E-state index in [-0.39, 0.29) is 41.1 Å². The molecule has 4 rings (SSSR count). The molecule has 1 aromatic heterocycles. The Hall–Kier alpha value is -2.10. The van der Waals surface area contributed by atoms with Crippen LogP contribution in [0.15, 0.2) is 52.1 Å². The highest BCUT2D eigenvalue weighted by atomic mass is 127. The first-order chi connectivity index (χ1) is 14.1.